The molecule has 0 radical (unpaired) electrons. The third-order valence-electron chi connectivity index (χ3n) is 13.4. The van der Waals surface area contributed by atoms with Crippen LogP contribution in [0.3, 0.4) is 0 Å². The monoisotopic (exact) mass is 1060 g/mol. The molecule has 0 spiro atoms. The average molecular weight is 1060 g/mol. The van der Waals surface area contributed by atoms with E-state index >= 15 is 0 Å². The first-order chi connectivity index (χ1) is 34.6. The molecule has 2 N–H and O–H groups in total. The van der Waals surface area contributed by atoms with Crippen molar-refractivity contribution in [3.05, 3.63) is 95.3 Å². The van der Waals surface area contributed by atoms with Crippen LogP contribution in [0.2, 0.25) is 0 Å². The average Bonchev–Trinajstić information content (AvgIpc) is 4.13. The third kappa shape index (κ3) is 13.8. The van der Waals surface area contributed by atoms with Crippen molar-refractivity contribution >= 4 is 91.5 Å². The molecule has 2 aliphatic rings. The number of fused-ring (bicyclic) bond motifs is 4. The molecule has 386 valence electrons. The summed E-state index contributed by atoms with van der Waals surface area (Å²) in [7, 11) is 9.46. The topological polar surface area (TPSA) is 169 Å². The number of hydrogen-bond donors (Lipinski definition) is 2. The van der Waals surface area contributed by atoms with E-state index in [4.69, 9.17) is 25.2 Å². The summed E-state index contributed by atoms with van der Waals surface area (Å²) >= 11 is 4.53. The second kappa shape index (κ2) is 24.2. The van der Waals surface area contributed by atoms with Gasteiger partial charge in [0.25, 0.3) is 21.4 Å². The zero-order chi connectivity index (χ0) is 50.9. The van der Waals surface area contributed by atoms with Gasteiger partial charge in [0.2, 0.25) is 12.7 Å². The van der Waals surface area contributed by atoms with Gasteiger partial charge in [0.15, 0.2) is 35.1 Å². The molecule has 0 saturated heterocycles. The van der Waals surface area contributed by atoms with E-state index in [0.29, 0.717) is 25.1 Å². The Labute approximate surface area is 436 Å². The Balaban J connectivity index is 0.806. The fraction of sp³-hybridized carbons (Fsp3) is 0.480. The Kier molecular flexibility index (Phi) is 18.0. The van der Waals surface area contributed by atoms with Crippen LogP contribution in [0.4, 0.5) is 11.4 Å². The fourth-order valence-electron chi connectivity index (χ4n) is 9.62. The lowest BCUT2D eigenvalue weighted by Crippen LogP contribution is -2.44. The number of unbranched alkanes of at least 4 members (excludes halogenated alkanes) is 3. The molecule has 0 bridgehead atoms. The molecule has 6 heterocycles. The van der Waals surface area contributed by atoms with E-state index in [-0.39, 0.29) is 5.75 Å². The highest BCUT2D eigenvalue weighted by Gasteiger charge is 2.29. The van der Waals surface area contributed by atoms with Crippen LogP contribution in [-0.4, -0.2) is 135 Å². The number of benzene rings is 2. The predicted molar refractivity (Wildman–Crippen MR) is 287 cm³/mol. The Hall–Kier alpha value is -4.62. The highest BCUT2D eigenvalue weighted by atomic mass is 32.2. The minimum Gasteiger partial charge on any atom is -0.335 e. The molecule has 18 nitrogen and oxygen atoms in total. The summed E-state index contributed by atoms with van der Waals surface area (Å²) in [5.74, 6) is 0.473. The van der Waals surface area contributed by atoms with Crippen LogP contribution in [0.1, 0.15) is 62.8 Å². The van der Waals surface area contributed by atoms with E-state index in [1.165, 1.54) is 23.4 Å². The molecule has 0 aliphatic carbocycles. The maximum Gasteiger partial charge on any atom is 0.264 e. The maximum atomic E-state index is 11.3. The van der Waals surface area contributed by atoms with E-state index in [9.17, 15) is 13.0 Å². The van der Waals surface area contributed by atoms with Gasteiger partial charge in [0.1, 0.15) is 0 Å². The van der Waals surface area contributed by atoms with E-state index in [0.717, 1.165) is 147 Å². The zero-order valence-electron chi connectivity index (χ0n) is 42.3. The van der Waals surface area contributed by atoms with Gasteiger partial charge in [-0.1, -0.05) is 52.8 Å². The van der Waals surface area contributed by atoms with Crippen LogP contribution >= 0.6 is 35.6 Å². The molecule has 0 amide bonds. The van der Waals surface area contributed by atoms with Crippen LogP contribution < -0.4 is 18.9 Å². The van der Waals surface area contributed by atoms with Crippen molar-refractivity contribution < 1.29 is 45.7 Å². The zero-order valence-corrected chi connectivity index (χ0v) is 45.6. The van der Waals surface area contributed by atoms with Gasteiger partial charge >= 0.3 is 0 Å². The van der Waals surface area contributed by atoms with Crippen LogP contribution in [-0.2, 0) is 46.7 Å². The number of imidazole rings is 2. The molecule has 2 aromatic carbocycles. The highest BCUT2D eigenvalue weighted by molar-refractivity contribution is 8.04. The van der Waals surface area contributed by atoms with Crippen LogP contribution in [0, 0.1) is 0 Å². The molecule has 0 saturated carbocycles. The van der Waals surface area contributed by atoms with Crippen molar-refractivity contribution in [1.29, 1.82) is 0 Å². The maximum absolute atomic E-state index is 11.3. The van der Waals surface area contributed by atoms with Gasteiger partial charge < -0.3 is 18.8 Å². The third-order valence-corrected chi connectivity index (χ3v) is 17.0. The largest absolute Gasteiger partial charge is 0.335 e. The minimum atomic E-state index is -3.99. The molecule has 22 heteroatoms. The van der Waals surface area contributed by atoms with Crippen molar-refractivity contribution in [2.24, 2.45) is 14.1 Å². The lowest BCUT2D eigenvalue weighted by Gasteiger charge is -2.32. The number of thioether (sulfide) groups is 2. The quantitative estimate of drug-likeness (QED) is 0.00985. The molecule has 8 rings (SSSR count). The molecule has 0 atom stereocenters. The van der Waals surface area contributed by atoms with Gasteiger partial charge in [-0.05, 0) is 49.9 Å². The standard InChI is InChI=1S/C50H68N12O6S4/c1-55-35-51-39(33-45-59(25-11-15-31-69-68-67-63)41-19-7-9-21-43(41)70-45)47-49(55)57(37-53-47)23-17-29-61(3,4)27-13-14-28-62(5,6)30-18-24-58-38-54-48-40(52-36-56(2)50(48)58)34-46-60(26-12-16-32-72(64,65)66)42-20-8-10-22-44(42)71-46/h7-10,19-22,33-38H,11-18,23-32H2,1-6H3/q+2/p+2. The summed E-state index contributed by atoms with van der Waals surface area (Å²) in [6.45, 7) is 7.57. The predicted octanol–water partition coefficient (Wildman–Crippen LogP) is 7.58. The number of quaternary nitrogens is 2. The summed E-state index contributed by atoms with van der Waals surface area (Å²) in [6.07, 6.45) is 19.2. The Bertz CT molecular complexity index is 3000. The molecular formula is C50H70N12O6S4+4. The number of hydrogen-bond acceptors (Lipinski definition) is 14. The van der Waals surface area contributed by atoms with Gasteiger partial charge in [-0.15, -0.1) is 14.3 Å². The molecule has 6 aromatic rings. The van der Waals surface area contributed by atoms with Gasteiger partial charge in [-0.25, -0.2) is 33.5 Å². The van der Waals surface area contributed by atoms with Crippen LogP contribution in [0.25, 0.3) is 34.5 Å². The normalized spacial score (nSPS) is 15.3. The first kappa shape index (κ1) is 53.7. The minimum absolute atomic E-state index is 0.244. The second-order valence-corrected chi connectivity index (χ2v) is 24.4. The van der Waals surface area contributed by atoms with Gasteiger partial charge in [-0.3, -0.25) is 4.55 Å². The van der Waals surface area contributed by atoms with E-state index < -0.39 is 10.1 Å². The summed E-state index contributed by atoms with van der Waals surface area (Å²) in [4.78, 5) is 26.4. The van der Waals surface area contributed by atoms with Crippen molar-refractivity contribution in [2.75, 3.05) is 88.8 Å². The van der Waals surface area contributed by atoms with Crippen molar-refractivity contribution in [3.63, 3.8) is 0 Å². The van der Waals surface area contributed by atoms with Gasteiger partial charge in [0.05, 0.1) is 109 Å². The lowest BCUT2D eigenvalue weighted by molar-refractivity contribution is -0.897. The fourth-order valence-corrected chi connectivity index (χ4v) is 12.9. The summed E-state index contributed by atoms with van der Waals surface area (Å²) in [6, 6.07) is 16.7. The number of para-hydroxylation sites is 2. The number of anilines is 2. The molecule has 0 unspecified atom stereocenters. The van der Waals surface area contributed by atoms with Crippen molar-refractivity contribution in [1.82, 2.24) is 29.1 Å². The van der Waals surface area contributed by atoms with Crippen LogP contribution in [0.15, 0.2) is 93.7 Å². The lowest BCUT2D eigenvalue weighted by atomic mass is 10.2. The number of nitrogens with zero attached hydrogens (tertiary/aromatic N) is 12. The molecular weight excluding hydrogens is 993 g/mol. The van der Waals surface area contributed by atoms with Crippen molar-refractivity contribution in [3.8, 4) is 0 Å². The van der Waals surface area contributed by atoms with E-state index in [1.807, 2.05) is 56.1 Å². The van der Waals surface area contributed by atoms with Gasteiger partial charge in [0, 0.05) is 78.5 Å². The Morgan fingerprint density at radius 3 is 1.57 bits per heavy atom. The van der Waals surface area contributed by atoms with Gasteiger partial charge in [-0.2, -0.15) is 8.42 Å². The Morgan fingerprint density at radius 2 is 1.10 bits per heavy atom. The Morgan fingerprint density at radius 1 is 0.639 bits per heavy atom. The first-order valence-electron chi connectivity index (χ1n) is 24.7. The summed E-state index contributed by atoms with van der Waals surface area (Å²) in [5.41, 5.74) is 7.77. The first-order valence-corrected chi connectivity index (χ1v) is 28.8. The number of aryl methyl sites for hydroxylation is 4. The summed E-state index contributed by atoms with van der Waals surface area (Å²) in [5, 5.41) is 14.3. The van der Waals surface area contributed by atoms with Crippen molar-refractivity contribution in [2.45, 2.75) is 74.2 Å². The molecule has 0 fully saturated rings. The summed E-state index contributed by atoms with van der Waals surface area (Å²) < 4.78 is 47.1. The van der Waals surface area contributed by atoms with E-state index in [1.54, 1.807) is 23.5 Å². The van der Waals surface area contributed by atoms with E-state index in [2.05, 4.69) is 110 Å². The number of rotatable bonds is 27. The number of aromatic nitrogens is 8. The molecule has 4 aromatic heterocycles. The molecule has 72 heavy (non-hydrogen) atoms. The smallest absolute Gasteiger partial charge is 0.264 e. The molecule has 2 aliphatic heterocycles. The second-order valence-electron chi connectivity index (χ2n) is 20.0. The highest BCUT2D eigenvalue weighted by Crippen LogP contribution is 2.48. The SMILES string of the molecule is C[n+]1cnc(/C=C2\Sc3ccccc3N2CCCCSOOO)c2ncn(CCC[N+](C)(C)CCCC[N+](C)(C)CCCn3cnc4c(/C=C5\Sc6ccccc6N5CCCCS(=O)(=O)O)nc[n+](C)c43)c21. The van der Waals surface area contributed by atoms with Crippen LogP contribution in [0.5, 0.6) is 0 Å².